The van der Waals surface area contributed by atoms with Crippen LogP contribution in [-0.4, -0.2) is 47.5 Å². The third-order valence-electron chi connectivity index (χ3n) is 5.35. The minimum Gasteiger partial charge on any atom is -0.466 e. The molecule has 0 aromatic carbocycles. The van der Waals surface area contributed by atoms with E-state index in [-0.39, 0.29) is 6.61 Å². The van der Waals surface area contributed by atoms with E-state index in [4.69, 9.17) is 4.74 Å². The highest BCUT2D eigenvalue weighted by atomic mass is 32.2. The van der Waals surface area contributed by atoms with Gasteiger partial charge in [-0.2, -0.15) is 8.42 Å². The summed E-state index contributed by atoms with van der Waals surface area (Å²) in [4.78, 5) is 23.8. The molecule has 0 aromatic rings. The van der Waals surface area contributed by atoms with Crippen molar-refractivity contribution >= 4 is 22.0 Å². The Morgan fingerprint density at radius 2 is 1.35 bits per heavy atom. The predicted molar refractivity (Wildman–Crippen MR) is 135 cm³/mol. The Morgan fingerprint density at radius 3 is 1.82 bits per heavy atom. The highest BCUT2D eigenvalue weighted by molar-refractivity contribution is 7.87. The fourth-order valence-corrected chi connectivity index (χ4v) is 4.14. The van der Waals surface area contributed by atoms with Crippen LogP contribution < -0.4 is 5.32 Å². The number of ether oxygens (including phenoxy) is 1. The smallest absolute Gasteiger partial charge is 0.307 e. The van der Waals surface area contributed by atoms with Crippen molar-refractivity contribution in [2.45, 2.75) is 128 Å². The van der Waals surface area contributed by atoms with E-state index in [2.05, 4.69) is 19.1 Å². The number of hydrogen-bond donors (Lipinski definition) is 3. The zero-order valence-electron chi connectivity index (χ0n) is 21.4. The van der Waals surface area contributed by atoms with Gasteiger partial charge in [-0.3, -0.25) is 14.1 Å². The first-order valence-electron chi connectivity index (χ1n) is 12.8. The van der Waals surface area contributed by atoms with Crippen molar-refractivity contribution in [1.29, 1.82) is 0 Å². The van der Waals surface area contributed by atoms with Crippen LogP contribution in [0.15, 0.2) is 12.2 Å². The molecule has 1 unspecified atom stereocenters. The number of allylic oxidation sites excluding steroid dienone is 2. The van der Waals surface area contributed by atoms with Gasteiger partial charge in [0.1, 0.15) is 5.72 Å². The van der Waals surface area contributed by atoms with Crippen molar-refractivity contribution in [3.63, 3.8) is 0 Å². The van der Waals surface area contributed by atoms with Crippen molar-refractivity contribution in [3.8, 4) is 0 Å². The van der Waals surface area contributed by atoms with Crippen molar-refractivity contribution in [2.75, 3.05) is 6.61 Å². The van der Waals surface area contributed by atoms with Crippen LogP contribution in [0.5, 0.6) is 0 Å². The molecule has 0 rings (SSSR count). The number of carbonyl (C=O) groups is 2. The minimum absolute atomic E-state index is 0.130. The first kappa shape index (κ1) is 32.5. The standard InChI is InChI=1S/C25H47NO7S/c1-4-5-6-7-8-9-10-11-12-13-14-15-16-17-18-19-20-33-23(27)21-22(34(30,31)32)24(28)26-25(2,3)29/h11-12,22,29H,4-10,13-21H2,1-3H3,(H,26,28)(H,30,31,32)/b12-11-. The molecule has 0 aliphatic heterocycles. The molecule has 8 nitrogen and oxygen atoms in total. The molecule has 0 aliphatic rings. The van der Waals surface area contributed by atoms with E-state index in [1.807, 2.05) is 5.32 Å². The third kappa shape index (κ3) is 20.0. The second-order valence-electron chi connectivity index (χ2n) is 9.41. The third-order valence-corrected chi connectivity index (χ3v) is 6.45. The first-order chi connectivity index (χ1) is 16.0. The SMILES string of the molecule is CCCCCCCC/C=C\CCCCCCCCOC(=O)CC(C(=O)NC(C)(C)O)S(=O)(=O)O. The molecule has 0 radical (unpaired) electrons. The lowest BCUT2D eigenvalue weighted by Crippen LogP contribution is -2.50. The van der Waals surface area contributed by atoms with E-state index in [9.17, 15) is 27.7 Å². The van der Waals surface area contributed by atoms with Crippen molar-refractivity contribution in [3.05, 3.63) is 12.2 Å². The fraction of sp³-hybridized carbons (Fsp3) is 0.840. The summed E-state index contributed by atoms with van der Waals surface area (Å²) in [5.74, 6) is -2.05. The van der Waals surface area contributed by atoms with Crippen molar-refractivity contribution in [1.82, 2.24) is 5.32 Å². The molecule has 0 aliphatic carbocycles. The van der Waals surface area contributed by atoms with Gasteiger partial charge in [0.25, 0.3) is 10.1 Å². The normalized spacial score (nSPS) is 13.2. The maximum atomic E-state index is 12.0. The summed E-state index contributed by atoms with van der Waals surface area (Å²) in [6, 6.07) is 0. The van der Waals surface area contributed by atoms with E-state index in [0.29, 0.717) is 6.42 Å². The number of esters is 1. The Hall–Kier alpha value is -1.45. The van der Waals surface area contributed by atoms with Gasteiger partial charge < -0.3 is 15.2 Å². The number of carbonyl (C=O) groups excluding carboxylic acids is 2. The van der Waals surface area contributed by atoms with E-state index >= 15 is 0 Å². The lowest BCUT2D eigenvalue weighted by atomic mass is 10.1. The average molecular weight is 506 g/mol. The van der Waals surface area contributed by atoms with Gasteiger partial charge >= 0.3 is 5.97 Å². The van der Waals surface area contributed by atoms with E-state index in [1.165, 1.54) is 65.2 Å². The molecule has 0 bridgehead atoms. The molecular formula is C25H47NO7S. The molecular weight excluding hydrogens is 458 g/mol. The van der Waals surface area contributed by atoms with Crippen LogP contribution in [-0.2, 0) is 24.4 Å². The van der Waals surface area contributed by atoms with Gasteiger partial charge in [-0.05, 0) is 46.0 Å². The second kappa shape index (κ2) is 18.8. The zero-order valence-corrected chi connectivity index (χ0v) is 22.2. The average Bonchev–Trinajstić information content (AvgIpc) is 2.72. The monoisotopic (exact) mass is 505 g/mol. The Morgan fingerprint density at radius 1 is 0.882 bits per heavy atom. The molecule has 0 spiro atoms. The summed E-state index contributed by atoms with van der Waals surface area (Å²) in [5, 5.41) is 9.58. The molecule has 200 valence electrons. The van der Waals surface area contributed by atoms with E-state index in [0.717, 1.165) is 32.1 Å². The highest BCUT2D eigenvalue weighted by Crippen LogP contribution is 2.12. The largest absolute Gasteiger partial charge is 0.466 e. The Bertz CT molecular complexity index is 684. The van der Waals surface area contributed by atoms with Gasteiger partial charge in [0.05, 0.1) is 13.0 Å². The predicted octanol–water partition coefficient (Wildman–Crippen LogP) is 5.06. The quantitative estimate of drug-likeness (QED) is 0.0653. The Balaban J connectivity index is 3.79. The fourth-order valence-electron chi connectivity index (χ4n) is 3.46. The van der Waals surface area contributed by atoms with Crippen molar-refractivity contribution < 1.29 is 32.4 Å². The number of rotatable bonds is 21. The van der Waals surface area contributed by atoms with Crippen LogP contribution in [0.25, 0.3) is 0 Å². The summed E-state index contributed by atoms with van der Waals surface area (Å²) in [6.45, 7) is 4.84. The second-order valence-corrected chi connectivity index (χ2v) is 11.0. The minimum atomic E-state index is -4.82. The number of nitrogens with one attached hydrogen (secondary N) is 1. The molecule has 34 heavy (non-hydrogen) atoms. The molecule has 3 N–H and O–H groups in total. The number of aliphatic hydroxyl groups is 1. The Labute approximate surface area is 206 Å². The topological polar surface area (TPSA) is 130 Å². The number of hydrogen-bond acceptors (Lipinski definition) is 6. The van der Waals surface area contributed by atoms with Crippen LogP contribution in [0, 0.1) is 0 Å². The van der Waals surface area contributed by atoms with Gasteiger partial charge in [-0.15, -0.1) is 0 Å². The van der Waals surface area contributed by atoms with Gasteiger partial charge in [-0.1, -0.05) is 76.9 Å². The molecule has 9 heteroatoms. The molecule has 0 saturated heterocycles. The molecule has 0 heterocycles. The molecule has 1 amide bonds. The summed E-state index contributed by atoms with van der Waals surface area (Å²) in [5.41, 5.74) is -1.69. The van der Waals surface area contributed by atoms with E-state index in [1.54, 1.807) is 0 Å². The van der Waals surface area contributed by atoms with E-state index < -0.39 is 39.4 Å². The van der Waals surface area contributed by atoms with Gasteiger partial charge in [0.15, 0.2) is 5.25 Å². The van der Waals surface area contributed by atoms with Crippen LogP contribution in [0.4, 0.5) is 0 Å². The molecule has 0 saturated carbocycles. The lowest BCUT2D eigenvalue weighted by molar-refractivity contribution is -0.145. The van der Waals surface area contributed by atoms with Crippen molar-refractivity contribution in [2.24, 2.45) is 0 Å². The van der Waals surface area contributed by atoms with Crippen LogP contribution in [0.2, 0.25) is 0 Å². The maximum Gasteiger partial charge on any atom is 0.307 e. The summed E-state index contributed by atoms with van der Waals surface area (Å²) >= 11 is 0. The molecule has 0 aromatic heterocycles. The maximum absolute atomic E-state index is 12.0. The molecule has 1 atom stereocenters. The van der Waals surface area contributed by atoms with Crippen LogP contribution in [0.1, 0.15) is 117 Å². The summed E-state index contributed by atoms with van der Waals surface area (Å²) in [7, 11) is -4.82. The van der Waals surface area contributed by atoms with Crippen LogP contribution >= 0.6 is 0 Å². The van der Waals surface area contributed by atoms with Gasteiger partial charge in [0.2, 0.25) is 5.91 Å². The summed E-state index contributed by atoms with van der Waals surface area (Å²) < 4.78 is 37.1. The Kier molecular flexibility index (Phi) is 18.0. The van der Waals surface area contributed by atoms with Gasteiger partial charge in [0, 0.05) is 0 Å². The summed E-state index contributed by atoms with van der Waals surface area (Å²) in [6.07, 6.45) is 20.1. The zero-order chi connectivity index (χ0) is 25.9. The number of unbranched alkanes of at least 4 members (excludes halogenated alkanes) is 12. The highest BCUT2D eigenvalue weighted by Gasteiger charge is 2.36. The first-order valence-corrected chi connectivity index (χ1v) is 14.3. The lowest BCUT2D eigenvalue weighted by Gasteiger charge is -2.22. The van der Waals surface area contributed by atoms with Crippen LogP contribution in [0.3, 0.4) is 0 Å². The molecule has 0 fully saturated rings. The van der Waals surface area contributed by atoms with Gasteiger partial charge in [-0.25, -0.2) is 0 Å². The number of amides is 1.